The van der Waals surface area contributed by atoms with Crippen LogP contribution in [0.25, 0.3) is 0 Å². The van der Waals surface area contributed by atoms with Crippen LogP contribution in [0, 0.1) is 13.8 Å². The molecule has 0 spiro atoms. The molecule has 1 aromatic rings. The number of aliphatic hydroxyl groups excluding tert-OH is 1. The van der Waals surface area contributed by atoms with Gasteiger partial charge in [-0.2, -0.15) is 0 Å². The number of carbonyl (C=O) groups is 1. The Morgan fingerprint density at radius 1 is 1.20 bits per heavy atom. The SMILES string of the molecule is Cc1ccc(NC(=O)N2CCN(CCO)CC2)cc1C. The van der Waals surface area contributed by atoms with E-state index in [2.05, 4.69) is 17.1 Å². The van der Waals surface area contributed by atoms with Gasteiger partial charge >= 0.3 is 6.03 Å². The van der Waals surface area contributed by atoms with Crippen LogP contribution in [0.15, 0.2) is 18.2 Å². The fourth-order valence-electron chi connectivity index (χ4n) is 2.34. The van der Waals surface area contributed by atoms with E-state index in [1.807, 2.05) is 30.0 Å². The van der Waals surface area contributed by atoms with Crippen molar-refractivity contribution < 1.29 is 9.90 Å². The molecule has 1 heterocycles. The maximum atomic E-state index is 12.2. The molecule has 5 heteroatoms. The second-order valence-electron chi connectivity index (χ2n) is 5.28. The van der Waals surface area contributed by atoms with Crippen LogP contribution in [0.1, 0.15) is 11.1 Å². The summed E-state index contributed by atoms with van der Waals surface area (Å²) in [5.74, 6) is 0. The molecule has 0 aliphatic carbocycles. The molecule has 2 rings (SSSR count). The van der Waals surface area contributed by atoms with Gasteiger partial charge in [0.15, 0.2) is 0 Å². The molecule has 110 valence electrons. The zero-order chi connectivity index (χ0) is 14.5. The standard InChI is InChI=1S/C15H23N3O2/c1-12-3-4-14(11-13(12)2)16-15(20)18-7-5-17(6-8-18)9-10-19/h3-4,11,19H,5-10H2,1-2H3,(H,16,20). The van der Waals surface area contributed by atoms with Gasteiger partial charge in [0.25, 0.3) is 0 Å². The summed E-state index contributed by atoms with van der Waals surface area (Å²) in [6, 6.07) is 5.90. The molecule has 2 N–H and O–H groups in total. The van der Waals surface area contributed by atoms with Crippen molar-refractivity contribution >= 4 is 11.7 Å². The van der Waals surface area contributed by atoms with E-state index < -0.39 is 0 Å². The Morgan fingerprint density at radius 3 is 2.50 bits per heavy atom. The van der Waals surface area contributed by atoms with E-state index in [0.717, 1.165) is 18.8 Å². The number of rotatable bonds is 3. The topological polar surface area (TPSA) is 55.8 Å². The van der Waals surface area contributed by atoms with Crippen molar-refractivity contribution in [2.75, 3.05) is 44.6 Å². The quantitative estimate of drug-likeness (QED) is 0.879. The highest BCUT2D eigenvalue weighted by Gasteiger charge is 2.20. The lowest BCUT2D eigenvalue weighted by Gasteiger charge is -2.34. The number of benzene rings is 1. The van der Waals surface area contributed by atoms with Crippen LogP contribution in [-0.2, 0) is 0 Å². The normalized spacial score (nSPS) is 16.2. The number of hydrogen-bond donors (Lipinski definition) is 2. The number of nitrogens with zero attached hydrogens (tertiary/aromatic N) is 2. The molecule has 0 saturated carbocycles. The number of hydrogen-bond acceptors (Lipinski definition) is 3. The summed E-state index contributed by atoms with van der Waals surface area (Å²) in [5, 5.41) is 11.8. The zero-order valence-electron chi connectivity index (χ0n) is 12.2. The Bertz CT molecular complexity index is 468. The van der Waals surface area contributed by atoms with Gasteiger partial charge in [0.2, 0.25) is 0 Å². The summed E-state index contributed by atoms with van der Waals surface area (Å²) in [6.45, 7) is 8.01. The van der Waals surface area contributed by atoms with Crippen LogP contribution >= 0.6 is 0 Å². The van der Waals surface area contributed by atoms with E-state index in [0.29, 0.717) is 19.6 Å². The Balaban J connectivity index is 1.88. The van der Waals surface area contributed by atoms with Gasteiger partial charge in [0, 0.05) is 38.4 Å². The second kappa shape index (κ2) is 6.72. The van der Waals surface area contributed by atoms with Crippen LogP contribution in [0.3, 0.4) is 0 Å². The lowest BCUT2D eigenvalue weighted by atomic mass is 10.1. The molecule has 1 fully saturated rings. The number of anilines is 1. The molecule has 0 radical (unpaired) electrons. The molecule has 1 aliphatic heterocycles. The fraction of sp³-hybridized carbons (Fsp3) is 0.533. The van der Waals surface area contributed by atoms with Crippen molar-refractivity contribution in [3.05, 3.63) is 29.3 Å². The van der Waals surface area contributed by atoms with Crippen LogP contribution < -0.4 is 5.32 Å². The van der Waals surface area contributed by atoms with Crippen molar-refractivity contribution in [2.24, 2.45) is 0 Å². The molecule has 20 heavy (non-hydrogen) atoms. The number of β-amino-alcohol motifs (C(OH)–C–C–N with tert-alkyl or cyclic N) is 1. The maximum absolute atomic E-state index is 12.2. The molecule has 0 aromatic heterocycles. The molecule has 0 unspecified atom stereocenters. The molecular formula is C15H23N3O2. The van der Waals surface area contributed by atoms with Gasteiger partial charge in [0.05, 0.1) is 6.61 Å². The second-order valence-corrected chi connectivity index (χ2v) is 5.28. The number of carbonyl (C=O) groups excluding carboxylic acids is 1. The van der Waals surface area contributed by atoms with Gasteiger partial charge in [-0.15, -0.1) is 0 Å². The van der Waals surface area contributed by atoms with Gasteiger partial charge in [-0.1, -0.05) is 6.07 Å². The highest BCUT2D eigenvalue weighted by atomic mass is 16.3. The van der Waals surface area contributed by atoms with Gasteiger partial charge in [-0.3, -0.25) is 4.90 Å². The minimum Gasteiger partial charge on any atom is -0.395 e. The number of aryl methyl sites for hydroxylation is 2. The summed E-state index contributed by atoms with van der Waals surface area (Å²) < 4.78 is 0. The smallest absolute Gasteiger partial charge is 0.321 e. The lowest BCUT2D eigenvalue weighted by molar-refractivity contribution is 0.127. The zero-order valence-corrected chi connectivity index (χ0v) is 12.2. The lowest BCUT2D eigenvalue weighted by Crippen LogP contribution is -2.50. The van der Waals surface area contributed by atoms with Gasteiger partial charge in [-0.05, 0) is 37.1 Å². The van der Waals surface area contributed by atoms with Crippen molar-refractivity contribution in [3.8, 4) is 0 Å². The van der Waals surface area contributed by atoms with Crippen LogP contribution in [0.2, 0.25) is 0 Å². The third-order valence-corrected chi connectivity index (χ3v) is 3.83. The Kier molecular flexibility index (Phi) is 4.98. The minimum absolute atomic E-state index is 0.0445. The summed E-state index contributed by atoms with van der Waals surface area (Å²) in [6.07, 6.45) is 0. The summed E-state index contributed by atoms with van der Waals surface area (Å²) in [5.41, 5.74) is 3.24. The van der Waals surface area contributed by atoms with Gasteiger partial charge < -0.3 is 15.3 Å². The van der Waals surface area contributed by atoms with Crippen LogP contribution in [-0.4, -0.2) is 60.3 Å². The first kappa shape index (κ1) is 14.8. The third kappa shape index (κ3) is 3.71. The first-order valence-corrected chi connectivity index (χ1v) is 7.06. The Labute approximate surface area is 120 Å². The largest absolute Gasteiger partial charge is 0.395 e. The highest BCUT2D eigenvalue weighted by Crippen LogP contribution is 2.15. The Hall–Kier alpha value is -1.59. The molecule has 2 amide bonds. The minimum atomic E-state index is -0.0445. The average molecular weight is 277 g/mol. The van der Waals surface area contributed by atoms with Crippen LogP contribution in [0.4, 0.5) is 10.5 Å². The molecular weight excluding hydrogens is 254 g/mol. The number of nitrogens with one attached hydrogen (secondary N) is 1. The first-order chi connectivity index (χ1) is 9.60. The molecule has 1 aromatic carbocycles. The van der Waals surface area contributed by atoms with E-state index in [1.54, 1.807) is 0 Å². The molecule has 0 bridgehead atoms. The first-order valence-electron chi connectivity index (χ1n) is 7.06. The number of amides is 2. The summed E-state index contributed by atoms with van der Waals surface area (Å²) in [7, 11) is 0. The van der Waals surface area contributed by atoms with Crippen LogP contribution in [0.5, 0.6) is 0 Å². The molecule has 0 atom stereocenters. The van der Waals surface area contributed by atoms with Crippen molar-refractivity contribution in [1.82, 2.24) is 9.80 Å². The number of urea groups is 1. The highest BCUT2D eigenvalue weighted by molar-refractivity contribution is 5.89. The molecule has 1 aliphatic rings. The third-order valence-electron chi connectivity index (χ3n) is 3.83. The fourth-order valence-corrected chi connectivity index (χ4v) is 2.34. The maximum Gasteiger partial charge on any atom is 0.321 e. The predicted octanol–water partition coefficient (Wildman–Crippen LogP) is 1.45. The van der Waals surface area contributed by atoms with E-state index in [9.17, 15) is 4.79 Å². The monoisotopic (exact) mass is 277 g/mol. The number of aliphatic hydroxyl groups is 1. The van der Waals surface area contributed by atoms with Gasteiger partial charge in [0.1, 0.15) is 0 Å². The van der Waals surface area contributed by atoms with E-state index in [1.165, 1.54) is 11.1 Å². The number of piperazine rings is 1. The summed E-state index contributed by atoms with van der Waals surface area (Å²) in [4.78, 5) is 16.2. The van der Waals surface area contributed by atoms with Crippen molar-refractivity contribution in [3.63, 3.8) is 0 Å². The summed E-state index contributed by atoms with van der Waals surface area (Å²) >= 11 is 0. The Morgan fingerprint density at radius 2 is 1.90 bits per heavy atom. The van der Waals surface area contributed by atoms with Crippen molar-refractivity contribution in [1.29, 1.82) is 0 Å². The van der Waals surface area contributed by atoms with E-state index in [-0.39, 0.29) is 12.6 Å². The van der Waals surface area contributed by atoms with E-state index in [4.69, 9.17) is 5.11 Å². The van der Waals surface area contributed by atoms with Gasteiger partial charge in [-0.25, -0.2) is 4.79 Å². The van der Waals surface area contributed by atoms with Crippen molar-refractivity contribution in [2.45, 2.75) is 13.8 Å². The average Bonchev–Trinajstić information content (AvgIpc) is 2.44. The molecule has 1 saturated heterocycles. The predicted molar refractivity (Wildman–Crippen MR) is 80.0 cm³/mol. The molecule has 5 nitrogen and oxygen atoms in total. The van der Waals surface area contributed by atoms with E-state index >= 15 is 0 Å².